The molecule has 66 valence electrons. The second-order valence-electron chi connectivity index (χ2n) is 1.87. The summed E-state index contributed by atoms with van der Waals surface area (Å²) in [6.07, 6.45) is 0. The maximum atomic E-state index is 11.7. The van der Waals surface area contributed by atoms with Gasteiger partial charge in [0.1, 0.15) is 11.5 Å². The van der Waals surface area contributed by atoms with Crippen LogP contribution in [0.1, 0.15) is 0 Å². The van der Waals surface area contributed by atoms with Crippen LogP contribution in [0.5, 0.6) is 17.2 Å². The Bertz CT molecular complexity index is 214. The van der Waals surface area contributed by atoms with E-state index >= 15 is 0 Å². The van der Waals surface area contributed by atoms with Crippen molar-refractivity contribution in [1.29, 1.82) is 0 Å². The molecule has 3 nitrogen and oxygen atoms in total. The summed E-state index contributed by atoms with van der Waals surface area (Å²) in [4.78, 5) is 3.53. The summed E-state index contributed by atoms with van der Waals surface area (Å²) in [6.45, 7) is 0. The molecule has 0 saturated heterocycles. The van der Waals surface area contributed by atoms with E-state index < -0.39 is 0 Å². The van der Waals surface area contributed by atoms with Crippen LogP contribution in [0.15, 0.2) is 18.2 Å². The lowest BCUT2D eigenvalue weighted by atomic mass is 10.3. The zero-order valence-corrected chi connectivity index (χ0v) is 9.91. The van der Waals surface area contributed by atoms with Crippen molar-refractivity contribution in [3.8, 4) is 17.2 Å². The van der Waals surface area contributed by atoms with E-state index in [-0.39, 0.29) is 5.75 Å². The van der Waals surface area contributed by atoms with E-state index in [9.17, 15) is 4.53 Å². The van der Waals surface area contributed by atoms with E-state index in [4.69, 9.17) is 6.13 Å². The van der Waals surface area contributed by atoms with Crippen LogP contribution in [0.25, 0.3) is 0 Å². The number of rotatable bonds is 3. The van der Waals surface area contributed by atoms with Crippen molar-refractivity contribution in [3.05, 3.63) is 18.2 Å². The third-order valence-corrected chi connectivity index (χ3v) is 2.14. The molecule has 0 heterocycles. The summed E-state index contributed by atoms with van der Waals surface area (Å²) in [6, 6.07) is 4.43. The summed E-state index contributed by atoms with van der Waals surface area (Å²) in [7, 11) is 0. The fraction of sp³-hybridized carbons (Fsp3) is 0. The Labute approximate surface area is 96.5 Å². The summed E-state index contributed by atoms with van der Waals surface area (Å²) in [5.41, 5.74) is 0. The Morgan fingerprint density at radius 2 is 1.33 bits per heavy atom. The zero-order chi connectivity index (χ0) is 8.97. The second kappa shape index (κ2) is 4.90. The summed E-state index contributed by atoms with van der Waals surface area (Å²) < 4.78 is 21.4. The highest BCUT2D eigenvalue weighted by atomic mass is 127. The van der Waals surface area contributed by atoms with Crippen LogP contribution in [-0.2, 0) is 0 Å². The molecule has 0 aliphatic heterocycles. The molecule has 0 bridgehead atoms. The van der Waals surface area contributed by atoms with Gasteiger partial charge in [-0.3, -0.25) is 4.94 Å². The molecule has 1 aromatic carbocycles. The quantitative estimate of drug-likeness (QED) is 0.734. The summed E-state index contributed by atoms with van der Waals surface area (Å²) >= 11 is 3.37. The molecule has 0 aliphatic rings. The standard InChI is InChI=1S/C6H3FI2O3/c7-10-4-1-5(11-8)3-6(2-4)12-9/h1-3H. The first-order chi connectivity index (χ1) is 5.80. The minimum Gasteiger partial charge on any atom is -0.427 e. The molecule has 12 heavy (non-hydrogen) atoms. The number of benzene rings is 1. The van der Waals surface area contributed by atoms with Gasteiger partial charge in [0.15, 0.2) is 51.8 Å². The second-order valence-corrected chi connectivity index (χ2v) is 2.75. The maximum Gasteiger partial charge on any atom is 0.192 e. The number of hydrogen-bond donors (Lipinski definition) is 0. The van der Waals surface area contributed by atoms with Gasteiger partial charge in [-0.05, 0) is 0 Å². The van der Waals surface area contributed by atoms with Crippen LogP contribution >= 0.6 is 46.0 Å². The largest absolute Gasteiger partial charge is 0.427 e. The molecular weight excluding hydrogens is 393 g/mol. The van der Waals surface area contributed by atoms with Crippen LogP contribution in [0.2, 0.25) is 0 Å². The smallest absolute Gasteiger partial charge is 0.192 e. The van der Waals surface area contributed by atoms with Gasteiger partial charge in [0.2, 0.25) is 0 Å². The fourth-order valence-electron chi connectivity index (χ4n) is 0.679. The Balaban J connectivity index is 3.01. The van der Waals surface area contributed by atoms with Crippen molar-refractivity contribution in [2.24, 2.45) is 0 Å². The van der Waals surface area contributed by atoms with E-state index in [1.54, 1.807) is 52.1 Å². The first kappa shape index (κ1) is 10.1. The third kappa shape index (κ3) is 2.51. The molecule has 1 aromatic rings. The minimum absolute atomic E-state index is 0.0517. The first-order valence-corrected chi connectivity index (χ1v) is 4.57. The molecule has 0 spiro atoms. The van der Waals surface area contributed by atoms with Crippen molar-refractivity contribution in [2.75, 3.05) is 0 Å². The summed E-state index contributed by atoms with van der Waals surface area (Å²) in [5, 5.41) is 0. The lowest BCUT2D eigenvalue weighted by Crippen LogP contribution is -1.81. The average Bonchev–Trinajstić information content (AvgIpc) is 2.16. The minimum atomic E-state index is 0.0517. The van der Waals surface area contributed by atoms with Crippen LogP contribution < -0.4 is 11.1 Å². The highest BCUT2D eigenvalue weighted by Crippen LogP contribution is 2.29. The van der Waals surface area contributed by atoms with Crippen molar-refractivity contribution in [2.45, 2.75) is 0 Å². The average molecular weight is 396 g/mol. The van der Waals surface area contributed by atoms with Gasteiger partial charge in [-0.25, -0.2) is 0 Å². The van der Waals surface area contributed by atoms with Gasteiger partial charge in [0.25, 0.3) is 0 Å². The molecular formula is C6H3FI2O3. The molecule has 0 radical (unpaired) electrons. The Kier molecular flexibility index (Phi) is 4.12. The summed E-state index contributed by atoms with van der Waals surface area (Å²) in [5.74, 6) is 0.991. The lowest BCUT2D eigenvalue weighted by Gasteiger charge is -2.01. The molecule has 0 atom stereocenters. The van der Waals surface area contributed by atoms with Crippen molar-refractivity contribution in [3.63, 3.8) is 0 Å². The van der Waals surface area contributed by atoms with Crippen molar-refractivity contribution >= 4 is 46.0 Å². The lowest BCUT2D eigenvalue weighted by molar-refractivity contribution is -0.00641. The molecule has 0 amide bonds. The number of hydrogen-bond acceptors (Lipinski definition) is 3. The molecule has 0 unspecified atom stereocenters. The molecule has 0 N–H and O–H groups in total. The molecule has 0 fully saturated rings. The number of halogens is 3. The SMILES string of the molecule is FOc1cc(OI)cc(OI)c1. The topological polar surface area (TPSA) is 27.7 Å². The third-order valence-electron chi connectivity index (χ3n) is 1.12. The zero-order valence-electron chi connectivity index (χ0n) is 5.59. The Morgan fingerprint density at radius 3 is 1.67 bits per heavy atom. The van der Waals surface area contributed by atoms with E-state index in [1.165, 1.54) is 12.1 Å². The molecule has 0 saturated carbocycles. The van der Waals surface area contributed by atoms with E-state index in [0.29, 0.717) is 11.5 Å². The monoisotopic (exact) mass is 396 g/mol. The Morgan fingerprint density at radius 1 is 0.917 bits per heavy atom. The van der Waals surface area contributed by atoms with Crippen LogP contribution in [0, 0.1) is 0 Å². The molecule has 6 heteroatoms. The molecule has 1 rings (SSSR count). The van der Waals surface area contributed by atoms with Crippen molar-refractivity contribution in [1.82, 2.24) is 0 Å². The predicted molar refractivity (Wildman–Crippen MR) is 57.5 cm³/mol. The van der Waals surface area contributed by atoms with Gasteiger partial charge in [0, 0.05) is 22.7 Å². The van der Waals surface area contributed by atoms with Gasteiger partial charge >= 0.3 is 0 Å². The van der Waals surface area contributed by atoms with Crippen LogP contribution in [-0.4, -0.2) is 0 Å². The van der Waals surface area contributed by atoms with E-state index in [2.05, 4.69) is 4.94 Å². The highest BCUT2D eigenvalue weighted by Gasteiger charge is 2.03. The van der Waals surface area contributed by atoms with Gasteiger partial charge in [-0.1, -0.05) is 0 Å². The van der Waals surface area contributed by atoms with Gasteiger partial charge < -0.3 is 6.13 Å². The normalized spacial score (nSPS) is 9.25. The van der Waals surface area contributed by atoms with Gasteiger partial charge in [-0.2, -0.15) is 0 Å². The van der Waals surface area contributed by atoms with Gasteiger partial charge in [0.05, 0.1) is 0 Å². The fourth-order valence-corrected chi connectivity index (χ4v) is 1.19. The highest BCUT2D eigenvalue weighted by molar-refractivity contribution is 14.1. The van der Waals surface area contributed by atoms with Crippen LogP contribution in [0.3, 0.4) is 0 Å². The van der Waals surface area contributed by atoms with E-state index in [1.807, 2.05) is 0 Å². The maximum absolute atomic E-state index is 11.7. The molecule has 0 aromatic heterocycles. The van der Waals surface area contributed by atoms with Crippen molar-refractivity contribution < 1.29 is 15.6 Å². The first-order valence-electron chi connectivity index (χ1n) is 2.81. The van der Waals surface area contributed by atoms with Crippen LogP contribution in [0.4, 0.5) is 4.53 Å². The Hall–Kier alpha value is 0.01000. The van der Waals surface area contributed by atoms with E-state index in [0.717, 1.165) is 0 Å². The predicted octanol–water partition coefficient (Wildman–Crippen LogP) is 3.41. The van der Waals surface area contributed by atoms with Gasteiger partial charge in [-0.15, -0.1) is 0 Å². The molecule has 0 aliphatic carbocycles.